The molecule has 0 saturated heterocycles. The zero-order chi connectivity index (χ0) is 15.1. The molecule has 0 fully saturated rings. The predicted octanol–water partition coefficient (Wildman–Crippen LogP) is 2.83. The number of pyridine rings is 1. The average molecular weight is 284 g/mol. The van der Waals surface area contributed by atoms with Gasteiger partial charge in [-0.2, -0.15) is 0 Å². The molecule has 0 saturated carbocycles. The summed E-state index contributed by atoms with van der Waals surface area (Å²) in [6.45, 7) is 1.01. The summed E-state index contributed by atoms with van der Waals surface area (Å²) >= 11 is 0. The first-order valence-corrected chi connectivity index (χ1v) is 6.86. The summed E-state index contributed by atoms with van der Waals surface area (Å²) in [4.78, 5) is 18.0. The molecule has 0 bridgehead atoms. The van der Waals surface area contributed by atoms with E-state index in [0.29, 0.717) is 5.82 Å². The zero-order valence-electron chi connectivity index (χ0n) is 12.3. The molecule has 0 radical (unpaired) electrons. The minimum Gasteiger partial charge on any atom is -0.309 e. The van der Waals surface area contributed by atoms with Gasteiger partial charge in [0.2, 0.25) is 0 Å². The zero-order valence-corrected chi connectivity index (χ0v) is 12.3. The van der Waals surface area contributed by atoms with Crippen molar-refractivity contribution < 1.29 is 4.79 Å². The number of benzene rings is 1. The van der Waals surface area contributed by atoms with Crippen molar-refractivity contribution in [2.45, 2.75) is 6.42 Å². The second-order valence-electron chi connectivity index (χ2n) is 5.04. The Morgan fingerprint density at radius 1 is 1.10 bits per heavy atom. The summed E-state index contributed by atoms with van der Waals surface area (Å²) < 4.78 is 0. The van der Waals surface area contributed by atoms with Crippen molar-refractivity contribution in [2.24, 2.45) is 0 Å². The van der Waals surface area contributed by atoms with Crippen LogP contribution in [0.15, 0.2) is 48.7 Å². The van der Waals surface area contributed by atoms with Gasteiger partial charge >= 0.3 is 6.03 Å². The maximum atomic E-state index is 11.8. The van der Waals surface area contributed by atoms with E-state index >= 15 is 0 Å². The van der Waals surface area contributed by atoms with Crippen molar-refractivity contribution >= 4 is 17.5 Å². The van der Waals surface area contributed by atoms with Crippen LogP contribution in [0.5, 0.6) is 0 Å². The highest BCUT2D eigenvalue weighted by Gasteiger charge is 2.03. The molecule has 2 aromatic rings. The second-order valence-corrected chi connectivity index (χ2v) is 5.04. The van der Waals surface area contributed by atoms with Crippen LogP contribution in [-0.2, 0) is 6.42 Å². The van der Waals surface area contributed by atoms with Crippen LogP contribution in [0.4, 0.5) is 16.3 Å². The van der Waals surface area contributed by atoms with E-state index in [1.807, 2.05) is 30.3 Å². The van der Waals surface area contributed by atoms with Crippen molar-refractivity contribution in [1.29, 1.82) is 0 Å². The van der Waals surface area contributed by atoms with Crippen LogP contribution in [0, 0.1) is 0 Å². The number of likely N-dealkylation sites (N-methyl/N-ethyl adjacent to an activating group) is 1. The van der Waals surface area contributed by atoms with E-state index in [-0.39, 0.29) is 6.03 Å². The van der Waals surface area contributed by atoms with Gasteiger partial charge in [-0.3, -0.25) is 5.32 Å². The van der Waals surface area contributed by atoms with Crippen molar-refractivity contribution in [3.8, 4) is 0 Å². The number of carbonyl (C=O) groups is 1. The molecule has 0 aliphatic carbocycles. The third kappa shape index (κ3) is 5.24. The summed E-state index contributed by atoms with van der Waals surface area (Å²) in [6, 6.07) is 12.9. The van der Waals surface area contributed by atoms with Gasteiger partial charge in [0.05, 0.1) is 0 Å². The normalized spacial score (nSPS) is 10.4. The molecule has 5 nitrogen and oxygen atoms in total. The number of nitrogens with one attached hydrogen (secondary N) is 2. The summed E-state index contributed by atoms with van der Waals surface area (Å²) in [7, 11) is 4.11. The van der Waals surface area contributed by atoms with Gasteiger partial charge in [-0.05, 0) is 50.3 Å². The number of urea groups is 1. The summed E-state index contributed by atoms with van der Waals surface area (Å²) in [6.07, 6.45) is 2.63. The first kappa shape index (κ1) is 15.0. The molecule has 0 spiro atoms. The van der Waals surface area contributed by atoms with Crippen molar-refractivity contribution in [2.75, 3.05) is 31.3 Å². The number of hydrogen-bond acceptors (Lipinski definition) is 3. The van der Waals surface area contributed by atoms with E-state index in [4.69, 9.17) is 0 Å². The first-order chi connectivity index (χ1) is 10.1. The lowest BCUT2D eigenvalue weighted by Crippen LogP contribution is -2.20. The highest BCUT2D eigenvalue weighted by Crippen LogP contribution is 2.11. The predicted molar refractivity (Wildman–Crippen MR) is 85.6 cm³/mol. The number of carbonyl (C=O) groups excluding carboxylic acids is 1. The van der Waals surface area contributed by atoms with Crippen molar-refractivity contribution in [1.82, 2.24) is 9.88 Å². The number of amides is 2. The Morgan fingerprint density at radius 3 is 2.48 bits per heavy atom. The van der Waals surface area contributed by atoms with Gasteiger partial charge in [-0.15, -0.1) is 0 Å². The average Bonchev–Trinajstić information content (AvgIpc) is 2.47. The molecular formula is C16H20N4O. The minimum absolute atomic E-state index is 0.297. The maximum absolute atomic E-state index is 11.8. The molecule has 1 heterocycles. The third-order valence-electron chi connectivity index (χ3n) is 2.97. The van der Waals surface area contributed by atoms with E-state index in [1.54, 1.807) is 18.3 Å². The molecule has 0 atom stereocenters. The Labute approximate surface area is 125 Å². The molecule has 0 aliphatic rings. The SMILES string of the molecule is CN(C)CCc1ccc(NC(=O)Nc2ccccn2)cc1. The van der Waals surface area contributed by atoms with Crippen LogP contribution in [0.3, 0.4) is 0 Å². The van der Waals surface area contributed by atoms with Crippen LogP contribution in [0.2, 0.25) is 0 Å². The molecular weight excluding hydrogens is 264 g/mol. The lowest BCUT2D eigenvalue weighted by Gasteiger charge is -2.10. The van der Waals surface area contributed by atoms with E-state index in [1.165, 1.54) is 5.56 Å². The fourth-order valence-electron chi connectivity index (χ4n) is 1.82. The summed E-state index contributed by atoms with van der Waals surface area (Å²) in [5.74, 6) is 0.526. The molecule has 5 heteroatoms. The Kier molecular flexibility index (Phi) is 5.29. The fraction of sp³-hybridized carbons (Fsp3) is 0.250. The monoisotopic (exact) mass is 284 g/mol. The molecule has 1 aromatic carbocycles. The maximum Gasteiger partial charge on any atom is 0.324 e. The minimum atomic E-state index is -0.297. The molecule has 2 rings (SSSR count). The van der Waals surface area contributed by atoms with Crippen LogP contribution in [0.1, 0.15) is 5.56 Å². The van der Waals surface area contributed by atoms with Gasteiger partial charge in [0.1, 0.15) is 5.82 Å². The van der Waals surface area contributed by atoms with Gasteiger partial charge in [-0.25, -0.2) is 9.78 Å². The molecule has 110 valence electrons. The molecule has 0 unspecified atom stereocenters. The molecule has 2 N–H and O–H groups in total. The number of nitrogens with zero attached hydrogens (tertiary/aromatic N) is 2. The van der Waals surface area contributed by atoms with Gasteiger partial charge in [0.15, 0.2) is 0 Å². The van der Waals surface area contributed by atoms with Gasteiger partial charge in [-0.1, -0.05) is 18.2 Å². The van der Waals surface area contributed by atoms with Crippen molar-refractivity contribution in [3.05, 3.63) is 54.2 Å². The van der Waals surface area contributed by atoms with E-state index in [9.17, 15) is 4.79 Å². The Morgan fingerprint density at radius 2 is 1.86 bits per heavy atom. The Bertz CT molecular complexity index is 567. The van der Waals surface area contributed by atoms with Gasteiger partial charge in [0, 0.05) is 18.4 Å². The Hall–Kier alpha value is -2.40. The highest BCUT2D eigenvalue weighted by atomic mass is 16.2. The largest absolute Gasteiger partial charge is 0.324 e. The lowest BCUT2D eigenvalue weighted by molar-refractivity contribution is 0.262. The van der Waals surface area contributed by atoms with Crippen LogP contribution < -0.4 is 10.6 Å². The number of aromatic nitrogens is 1. The van der Waals surface area contributed by atoms with Gasteiger partial charge in [0.25, 0.3) is 0 Å². The topological polar surface area (TPSA) is 57.3 Å². The third-order valence-corrected chi connectivity index (χ3v) is 2.97. The highest BCUT2D eigenvalue weighted by molar-refractivity contribution is 5.99. The quantitative estimate of drug-likeness (QED) is 0.887. The fourth-order valence-corrected chi connectivity index (χ4v) is 1.82. The smallest absolute Gasteiger partial charge is 0.309 e. The van der Waals surface area contributed by atoms with E-state index in [0.717, 1.165) is 18.7 Å². The Balaban J connectivity index is 1.86. The first-order valence-electron chi connectivity index (χ1n) is 6.86. The number of hydrogen-bond donors (Lipinski definition) is 2. The van der Waals surface area contributed by atoms with Crippen LogP contribution in [0.25, 0.3) is 0 Å². The van der Waals surface area contributed by atoms with E-state index < -0.39 is 0 Å². The summed E-state index contributed by atoms with van der Waals surface area (Å²) in [5, 5.41) is 5.46. The van der Waals surface area contributed by atoms with Gasteiger partial charge < -0.3 is 10.2 Å². The van der Waals surface area contributed by atoms with Crippen LogP contribution >= 0.6 is 0 Å². The number of rotatable bonds is 5. The molecule has 2 amide bonds. The standard InChI is InChI=1S/C16H20N4O/c1-20(2)12-10-13-6-8-14(9-7-13)18-16(21)19-15-5-3-4-11-17-15/h3-9,11H,10,12H2,1-2H3,(H2,17,18,19,21). The second kappa shape index (κ2) is 7.40. The van der Waals surface area contributed by atoms with Crippen LogP contribution in [-0.4, -0.2) is 36.6 Å². The molecule has 21 heavy (non-hydrogen) atoms. The lowest BCUT2D eigenvalue weighted by atomic mass is 10.1. The number of anilines is 2. The van der Waals surface area contributed by atoms with Crippen molar-refractivity contribution in [3.63, 3.8) is 0 Å². The summed E-state index contributed by atoms with van der Waals surface area (Å²) in [5.41, 5.74) is 2.01. The molecule has 0 aliphatic heterocycles. The van der Waals surface area contributed by atoms with E-state index in [2.05, 4.69) is 34.6 Å². The molecule has 1 aromatic heterocycles.